The van der Waals surface area contributed by atoms with Crippen LogP contribution in [0.5, 0.6) is 0 Å². The predicted octanol–water partition coefficient (Wildman–Crippen LogP) is 8.33. The van der Waals surface area contributed by atoms with E-state index in [1.165, 1.54) is 135 Å². The van der Waals surface area contributed by atoms with Crippen LogP contribution in [0, 0.1) is 0 Å². The van der Waals surface area contributed by atoms with Crippen molar-refractivity contribution in [1.29, 1.82) is 0 Å². The van der Waals surface area contributed by atoms with Crippen molar-refractivity contribution in [3.8, 4) is 0 Å². The van der Waals surface area contributed by atoms with Crippen molar-refractivity contribution < 1.29 is 10.2 Å². The Labute approximate surface area is 177 Å². The molecule has 0 amide bonds. The molecule has 0 aromatic heterocycles. The molecule has 0 saturated heterocycles. The molecule has 2 heteroatoms. The lowest BCUT2D eigenvalue weighted by Gasteiger charge is -2.05. The summed E-state index contributed by atoms with van der Waals surface area (Å²) >= 11 is 0. The second-order valence-electron chi connectivity index (χ2n) is 9.14. The van der Waals surface area contributed by atoms with Crippen LogP contribution >= 0.6 is 0 Å². The number of aliphatic hydroxyl groups excluding tert-OH is 2. The van der Waals surface area contributed by atoms with Gasteiger partial charge in [-0.05, 0) is 19.8 Å². The Balaban J connectivity index is 2.98. The van der Waals surface area contributed by atoms with Crippen molar-refractivity contribution >= 4 is 0 Å². The molecule has 28 heavy (non-hydrogen) atoms. The maximum Gasteiger partial charge on any atom is 0.0512 e. The van der Waals surface area contributed by atoms with E-state index in [-0.39, 0.29) is 6.10 Å². The van der Waals surface area contributed by atoms with Gasteiger partial charge in [0.2, 0.25) is 0 Å². The fourth-order valence-corrected chi connectivity index (χ4v) is 4.09. The molecule has 2 N–H and O–H groups in total. The summed E-state index contributed by atoms with van der Waals surface area (Å²) in [6.45, 7) is 2.26. The van der Waals surface area contributed by atoms with Crippen LogP contribution in [0.4, 0.5) is 0 Å². The molecule has 170 valence electrons. The summed E-state index contributed by atoms with van der Waals surface area (Å²) in [6, 6.07) is 0. The minimum atomic E-state index is -0.108. The predicted molar refractivity (Wildman–Crippen MR) is 125 cm³/mol. The van der Waals surface area contributed by atoms with Gasteiger partial charge >= 0.3 is 0 Å². The summed E-state index contributed by atoms with van der Waals surface area (Å²) in [6.07, 6.45) is 31.1. The zero-order chi connectivity index (χ0) is 20.5. The minimum absolute atomic E-state index is 0.108. The molecule has 0 aliphatic heterocycles. The monoisotopic (exact) mass is 398 g/mol. The Morgan fingerprint density at radius 3 is 0.821 bits per heavy atom. The average molecular weight is 399 g/mol. The van der Waals surface area contributed by atoms with Crippen LogP contribution in [0.3, 0.4) is 0 Å². The highest BCUT2D eigenvalue weighted by Crippen LogP contribution is 2.15. The van der Waals surface area contributed by atoms with Gasteiger partial charge in [0.15, 0.2) is 0 Å². The molecule has 1 unspecified atom stereocenters. The average Bonchev–Trinajstić information content (AvgIpc) is 2.68. The smallest absolute Gasteiger partial charge is 0.0512 e. The first-order chi connectivity index (χ1) is 13.8. The van der Waals surface area contributed by atoms with Crippen LogP contribution in [0.1, 0.15) is 155 Å². The molecule has 0 spiro atoms. The molecular weight excluding hydrogens is 344 g/mol. The fourth-order valence-electron chi connectivity index (χ4n) is 4.09. The second kappa shape index (κ2) is 25.0. The topological polar surface area (TPSA) is 40.5 Å². The normalized spacial score (nSPS) is 12.5. The Kier molecular flexibility index (Phi) is 24.9. The van der Waals surface area contributed by atoms with E-state index in [0.29, 0.717) is 6.61 Å². The number of rotatable bonds is 24. The molecule has 0 saturated carbocycles. The third-order valence-electron chi connectivity index (χ3n) is 6.03. The first-order valence-electron chi connectivity index (χ1n) is 13.1. The molecule has 0 heterocycles. The summed E-state index contributed by atoms with van der Waals surface area (Å²) < 4.78 is 0. The Hall–Kier alpha value is -0.0800. The lowest BCUT2D eigenvalue weighted by atomic mass is 10.0. The molecule has 0 fully saturated rings. The molecule has 0 aliphatic carbocycles. The van der Waals surface area contributed by atoms with Gasteiger partial charge < -0.3 is 10.2 Å². The van der Waals surface area contributed by atoms with Gasteiger partial charge in [-0.3, -0.25) is 0 Å². The minimum Gasteiger partial charge on any atom is -0.396 e. The zero-order valence-corrected chi connectivity index (χ0v) is 19.4. The Morgan fingerprint density at radius 1 is 0.393 bits per heavy atom. The van der Waals surface area contributed by atoms with Gasteiger partial charge in [0, 0.05) is 6.61 Å². The Morgan fingerprint density at radius 2 is 0.607 bits per heavy atom. The van der Waals surface area contributed by atoms with E-state index in [2.05, 4.69) is 0 Å². The van der Waals surface area contributed by atoms with Gasteiger partial charge in [0.1, 0.15) is 0 Å². The third kappa shape index (κ3) is 25.9. The van der Waals surface area contributed by atoms with Crippen molar-refractivity contribution in [2.45, 2.75) is 161 Å². The summed E-state index contributed by atoms with van der Waals surface area (Å²) in [5.41, 5.74) is 0. The maximum atomic E-state index is 9.22. The quantitative estimate of drug-likeness (QED) is 0.160. The highest BCUT2D eigenvalue weighted by Gasteiger charge is 1.97. The molecule has 0 aromatic carbocycles. The summed E-state index contributed by atoms with van der Waals surface area (Å²) in [5, 5.41) is 18.0. The van der Waals surface area contributed by atoms with Crippen molar-refractivity contribution in [3.63, 3.8) is 0 Å². The van der Waals surface area contributed by atoms with E-state index in [1.54, 1.807) is 0 Å². The zero-order valence-electron chi connectivity index (χ0n) is 19.4. The molecule has 1 atom stereocenters. The van der Waals surface area contributed by atoms with Crippen molar-refractivity contribution in [2.24, 2.45) is 0 Å². The summed E-state index contributed by atoms with van der Waals surface area (Å²) in [7, 11) is 0. The molecule has 2 nitrogen and oxygen atoms in total. The van der Waals surface area contributed by atoms with E-state index in [0.717, 1.165) is 12.8 Å². The third-order valence-corrected chi connectivity index (χ3v) is 6.03. The second-order valence-corrected chi connectivity index (χ2v) is 9.14. The number of hydrogen-bond acceptors (Lipinski definition) is 2. The van der Waals surface area contributed by atoms with Crippen LogP contribution in [0.25, 0.3) is 0 Å². The largest absolute Gasteiger partial charge is 0.396 e. The maximum absolute atomic E-state index is 9.22. The standard InChI is InChI=1S/C26H54O2/c1-26(28)24-22-20-18-16-14-12-10-8-6-4-2-3-5-7-9-11-13-15-17-19-21-23-25-27/h26-28H,2-25H2,1H3. The van der Waals surface area contributed by atoms with Gasteiger partial charge in [0.05, 0.1) is 6.10 Å². The van der Waals surface area contributed by atoms with Gasteiger partial charge in [0.25, 0.3) is 0 Å². The van der Waals surface area contributed by atoms with E-state index in [9.17, 15) is 5.11 Å². The van der Waals surface area contributed by atoms with E-state index in [1.807, 2.05) is 6.92 Å². The van der Waals surface area contributed by atoms with Gasteiger partial charge in [-0.1, -0.05) is 135 Å². The molecular formula is C26H54O2. The Bertz CT molecular complexity index is 265. The van der Waals surface area contributed by atoms with Gasteiger partial charge in [-0.2, -0.15) is 0 Å². The number of aliphatic hydroxyl groups is 2. The first kappa shape index (κ1) is 27.9. The summed E-state index contributed by atoms with van der Waals surface area (Å²) in [4.78, 5) is 0. The van der Waals surface area contributed by atoms with Gasteiger partial charge in [-0.25, -0.2) is 0 Å². The SMILES string of the molecule is CC(O)CCCCCCCCCCCCCCCCCCCCCCCCO. The highest BCUT2D eigenvalue weighted by atomic mass is 16.3. The highest BCUT2D eigenvalue weighted by molar-refractivity contribution is 4.52. The van der Waals surface area contributed by atoms with Crippen LogP contribution in [-0.4, -0.2) is 22.9 Å². The number of hydrogen-bond donors (Lipinski definition) is 2. The lowest BCUT2D eigenvalue weighted by Crippen LogP contribution is -1.98. The van der Waals surface area contributed by atoms with Crippen molar-refractivity contribution in [2.75, 3.05) is 6.61 Å². The molecule has 0 aliphatic rings. The number of unbranched alkanes of at least 4 members (excludes halogenated alkanes) is 21. The summed E-state index contributed by atoms with van der Waals surface area (Å²) in [5.74, 6) is 0. The molecule has 0 bridgehead atoms. The van der Waals surface area contributed by atoms with E-state index in [4.69, 9.17) is 5.11 Å². The molecule has 0 rings (SSSR count). The fraction of sp³-hybridized carbons (Fsp3) is 1.00. The molecule has 0 radical (unpaired) electrons. The van der Waals surface area contributed by atoms with E-state index >= 15 is 0 Å². The van der Waals surface area contributed by atoms with Crippen LogP contribution in [0.15, 0.2) is 0 Å². The van der Waals surface area contributed by atoms with Gasteiger partial charge in [-0.15, -0.1) is 0 Å². The van der Waals surface area contributed by atoms with Crippen LogP contribution in [-0.2, 0) is 0 Å². The first-order valence-corrected chi connectivity index (χ1v) is 13.1. The molecule has 0 aromatic rings. The van der Waals surface area contributed by atoms with E-state index < -0.39 is 0 Å². The van der Waals surface area contributed by atoms with Crippen molar-refractivity contribution in [3.05, 3.63) is 0 Å². The van der Waals surface area contributed by atoms with Crippen molar-refractivity contribution in [1.82, 2.24) is 0 Å². The van der Waals surface area contributed by atoms with Crippen LogP contribution in [0.2, 0.25) is 0 Å². The lowest BCUT2D eigenvalue weighted by molar-refractivity contribution is 0.180. The van der Waals surface area contributed by atoms with Crippen LogP contribution < -0.4 is 0 Å².